The van der Waals surface area contributed by atoms with E-state index >= 15 is 0 Å². The zero-order valence-corrected chi connectivity index (χ0v) is 11.9. The number of nitrogen functional groups attached to an aromatic ring is 2. The number of hydrogen-bond acceptors (Lipinski definition) is 5. The number of carbonyl (C=O) groups excluding carboxylic acids is 1. The molecular formula is C16H19N3O2. The zero-order chi connectivity index (χ0) is 15.2. The fourth-order valence-corrected chi connectivity index (χ4v) is 1.92. The third-order valence-corrected chi connectivity index (χ3v) is 3.15. The average Bonchev–Trinajstić information content (AvgIpc) is 2.49. The standard InChI is InChI=1S/C16H19N3O2/c1-19-15(10-11-2-4-12(17)5-3-11)16(20)21-14-8-6-13(18)7-9-14/h2-9,15,19H,10,17-18H2,1H3. The Kier molecular flexibility index (Phi) is 4.79. The molecule has 0 saturated carbocycles. The minimum Gasteiger partial charge on any atom is -0.425 e. The van der Waals surface area contributed by atoms with E-state index < -0.39 is 6.04 Å². The molecule has 2 aromatic rings. The van der Waals surface area contributed by atoms with Gasteiger partial charge in [-0.2, -0.15) is 0 Å². The summed E-state index contributed by atoms with van der Waals surface area (Å²) in [6.45, 7) is 0. The molecule has 5 nitrogen and oxygen atoms in total. The molecule has 2 aromatic carbocycles. The van der Waals surface area contributed by atoms with Crippen LogP contribution in [0, 0.1) is 0 Å². The summed E-state index contributed by atoms with van der Waals surface area (Å²) >= 11 is 0. The summed E-state index contributed by atoms with van der Waals surface area (Å²) in [7, 11) is 1.73. The number of likely N-dealkylation sites (N-methyl/N-ethyl adjacent to an activating group) is 1. The summed E-state index contributed by atoms with van der Waals surface area (Å²) in [5.74, 6) is 0.144. The third kappa shape index (κ3) is 4.22. The van der Waals surface area contributed by atoms with Crippen molar-refractivity contribution in [3.05, 3.63) is 54.1 Å². The molecule has 5 heteroatoms. The van der Waals surface area contributed by atoms with Crippen LogP contribution in [0.1, 0.15) is 5.56 Å². The van der Waals surface area contributed by atoms with Crippen LogP contribution in [0.15, 0.2) is 48.5 Å². The molecule has 1 unspecified atom stereocenters. The van der Waals surface area contributed by atoms with E-state index in [0.29, 0.717) is 23.5 Å². The molecule has 2 rings (SSSR count). The van der Waals surface area contributed by atoms with Gasteiger partial charge in [-0.3, -0.25) is 0 Å². The smallest absolute Gasteiger partial charge is 0.328 e. The van der Waals surface area contributed by atoms with Gasteiger partial charge in [0.2, 0.25) is 0 Å². The van der Waals surface area contributed by atoms with E-state index in [1.165, 1.54) is 0 Å². The Hall–Kier alpha value is -2.53. The van der Waals surface area contributed by atoms with Crippen LogP contribution in [0.4, 0.5) is 11.4 Å². The first-order valence-corrected chi connectivity index (χ1v) is 6.67. The van der Waals surface area contributed by atoms with E-state index in [2.05, 4.69) is 5.32 Å². The zero-order valence-electron chi connectivity index (χ0n) is 11.9. The van der Waals surface area contributed by atoms with Crippen LogP contribution in [0.25, 0.3) is 0 Å². The van der Waals surface area contributed by atoms with E-state index in [-0.39, 0.29) is 5.97 Å². The predicted octanol–water partition coefficient (Wildman–Crippen LogP) is 1.59. The number of ether oxygens (including phenoxy) is 1. The van der Waals surface area contributed by atoms with E-state index in [4.69, 9.17) is 16.2 Å². The van der Waals surface area contributed by atoms with Crippen LogP contribution in [0.5, 0.6) is 5.75 Å². The van der Waals surface area contributed by atoms with Crippen molar-refractivity contribution in [2.45, 2.75) is 12.5 Å². The van der Waals surface area contributed by atoms with Gasteiger partial charge in [0.25, 0.3) is 0 Å². The second-order valence-electron chi connectivity index (χ2n) is 4.78. The van der Waals surface area contributed by atoms with E-state index in [9.17, 15) is 4.79 Å². The molecule has 0 amide bonds. The first-order valence-electron chi connectivity index (χ1n) is 6.67. The first-order chi connectivity index (χ1) is 10.1. The van der Waals surface area contributed by atoms with E-state index in [1.807, 2.05) is 24.3 Å². The molecule has 0 aliphatic rings. The number of nitrogens with two attached hydrogens (primary N) is 2. The SMILES string of the molecule is CNC(Cc1ccc(N)cc1)C(=O)Oc1ccc(N)cc1. The van der Waals surface area contributed by atoms with Gasteiger partial charge >= 0.3 is 5.97 Å². The second kappa shape index (κ2) is 6.76. The van der Waals surface area contributed by atoms with Crippen molar-refractivity contribution in [3.63, 3.8) is 0 Å². The molecule has 0 aliphatic heterocycles. The van der Waals surface area contributed by atoms with Gasteiger partial charge in [-0.15, -0.1) is 0 Å². The number of carbonyl (C=O) groups is 1. The molecular weight excluding hydrogens is 266 g/mol. The molecule has 0 fully saturated rings. The molecule has 110 valence electrons. The Bertz CT molecular complexity index is 594. The average molecular weight is 285 g/mol. The van der Waals surface area contributed by atoms with Gasteiger partial charge in [0, 0.05) is 11.4 Å². The Morgan fingerprint density at radius 1 is 1.05 bits per heavy atom. The summed E-state index contributed by atoms with van der Waals surface area (Å²) in [6, 6.07) is 13.7. The van der Waals surface area contributed by atoms with Gasteiger partial charge in [-0.05, 0) is 55.4 Å². The number of rotatable bonds is 5. The maximum absolute atomic E-state index is 12.2. The van der Waals surface area contributed by atoms with Crippen molar-refractivity contribution >= 4 is 17.3 Å². The van der Waals surface area contributed by atoms with Crippen LogP contribution in [0.2, 0.25) is 0 Å². The van der Waals surface area contributed by atoms with Crippen molar-refractivity contribution in [1.29, 1.82) is 0 Å². The summed E-state index contributed by atoms with van der Waals surface area (Å²) in [6.07, 6.45) is 0.532. The lowest BCUT2D eigenvalue weighted by molar-refractivity contribution is -0.136. The summed E-state index contributed by atoms with van der Waals surface area (Å²) < 4.78 is 5.34. The highest BCUT2D eigenvalue weighted by molar-refractivity contribution is 5.78. The van der Waals surface area contributed by atoms with Gasteiger partial charge in [0.1, 0.15) is 11.8 Å². The number of esters is 1. The van der Waals surface area contributed by atoms with E-state index in [0.717, 1.165) is 5.56 Å². The van der Waals surface area contributed by atoms with Gasteiger partial charge < -0.3 is 21.5 Å². The fourth-order valence-electron chi connectivity index (χ4n) is 1.92. The van der Waals surface area contributed by atoms with Crippen molar-refractivity contribution in [2.24, 2.45) is 0 Å². The van der Waals surface area contributed by atoms with Gasteiger partial charge in [0.15, 0.2) is 0 Å². The van der Waals surface area contributed by atoms with Crippen LogP contribution in [0.3, 0.4) is 0 Å². The van der Waals surface area contributed by atoms with Crippen molar-refractivity contribution < 1.29 is 9.53 Å². The summed E-state index contributed by atoms with van der Waals surface area (Å²) in [5.41, 5.74) is 13.6. The fraction of sp³-hybridized carbons (Fsp3) is 0.188. The molecule has 0 heterocycles. The normalized spacial score (nSPS) is 11.9. The van der Waals surface area contributed by atoms with Crippen molar-refractivity contribution in [2.75, 3.05) is 18.5 Å². The van der Waals surface area contributed by atoms with Gasteiger partial charge in [0.05, 0.1) is 0 Å². The van der Waals surface area contributed by atoms with Crippen molar-refractivity contribution in [1.82, 2.24) is 5.32 Å². The highest BCUT2D eigenvalue weighted by atomic mass is 16.5. The third-order valence-electron chi connectivity index (χ3n) is 3.15. The Morgan fingerprint density at radius 3 is 2.10 bits per heavy atom. The highest BCUT2D eigenvalue weighted by Crippen LogP contribution is 2.15. The minimum absolute atomic E-state index is 0.334. The molecule has 0 aromatic heterocycles. The molecule has 0 spiro atoms. The van der Waals surface area contributed by atoms with Crippen molar-refractivity contribution in [3.8, 4) is 5.75 Å². The molecule has 0 saturated heterocycles. The lowest BCUT2D eigenvalue weighted by Crippen LogP contribution is -2.39. The monoisotopic (exact) mass is 285 g/mol. The van der Waals surface area contributed by atoms with Gasteiger partial charge in [-0.1, -0.05) is 12.1 Å². The first kappa shape index (κ1) is 14.9. The lowest BCUT2D eigenvalue weighted by atomic mass is 10.1. The Balaban J connectivity index is 2.01. The number of nitrogens with one attached hydrogen (secondary N) is 1. The number of benzene rings is 2. The molecule has 0 aliphatic carbocycles. The van der Waals surface area contributed by atoms with Crippen LogP contribution < -0.4 is 21.5 Å². The lowest BCUT2D eigenvalue weighted by Gasteiger charge is -2.15. The maximum Gasteiger partial charge on any atom is 0.328 e. The van der Waals surface area contributed by atoms with Crippen LogP contribution in [-0.2, 0) is 11.2 Å². The molecule has 0 radical (unpaired) electrons. The van der Waals surface area contributed by atoms with Gasteiger partial charge in [-0.25, -0.2) is 4.79 Å². The van der Waals surface area contributed by atoms with Crippen LogP contribution in [-0.4, -0.2) is 19.1 Å². The number of anilines is 2. The predicted molar refractivity (Wildman–Crippen MR) is 83.9 cm³/mol. The molecule has 21 heavy (non-hydrogen) atoms. The number of hydrogen-bond donors (Lipinski definition) is 3. The minimum atomic E-state index is -0.425. The molecule has 0 bridgehead atoms. The Labute approximate surface area is 123 Å². The highest BCUT2D eigenvalue weighted by Gasteiger charge is 2.19. The Morgan fingerprint density at radius 2 is 1.57 bits per heavy atom. The second-order valence-corrected chi connectivity index (χ2v) is 4.78. The van der Waals surface area contributed by atoms with Crippen LogP contribution >= 0.6 is 0 Å². The molecule has 1 atom stereocenters. The topological polar surface area (TPSA) is 90.4 Å². The summed E-state index contributed by atoms with van der Waals surface area (Å²) in [4.78, 5) is 12.2. The van der Waals surface area contributed by atoms with E-state index in [1.54, 1.807) is 31.3 Å². The largest absolute Gasteiger partial charge is 0.425 e. The summed E-state index contributed by atoms with van der Waals surface area (Å²) in [5, 5.41) is 2.97. The maximum atomic E-state index is 12.2. The quantitative estimate of drug-likeness (QED) is 0.441. The molecule has 5 N–H and O–H groups in total.